The van der Waals surface area contributed by atoms with Crippen molar-refractivity contribution in [2.75, 3.05) is 52.5 Å². The molecule has 1 fully saturated rings. The molecule has 10 nitrogen and oxygen atoms in total. The fraction of sp³-hybridized carbons (Fsp3) is 0.528. The van der Waals surface area contributed by atoms with E-state index in [1.807, 2.05) is 36.9 Å². The van der Waals surface area contributed by atoms with Crippen LogP contribution in [0, 0.1) is 5.82 Å². The number of benzene rings is 2. The summed E-state index contributed by atoms with van der Waals surface area (Å²) >= 11 is 0. The lowest BCUT2D eigenvalue weighted by atomic mass is 9.81. The number of carbonyl (C=O) groups excluding carboxylic acids is 3. The van der Waals surface area contributed by atoms with Crippen molar-refractivity contribution in [3.63, 3.8) is 0 Å². The predicted octanol–water partition coefficient (Wildman–Crippen LogP) is 4.62. The number of rotatable bonds is 13. The number of hydrogen-bond acceptors (Lipinski definition) is 8. The van der Waals surface area contributed by atoms with E-state index in [-0.39, 0.29) is 24.8 Å². The van der Waals surface area contributed by atoms with Crippen molar-refractivity contribution in [3.8, 4) is 11.5 Å². The molecule has 47 heavy (non-hydrogen) atoms. The summed E-state index contributed by atoms with van der Waals surface area (Å²) in [6.07, 6.45) is 6.23. The molecule has 3 amide bonds. The molecule has 2 aromatic rings. The van der Waals surface area contributed by atoms with E-state index in [2.05, 4.69) is 16.3 Å². The van der Waals surface area contributed by atoms with E-state index in [9.17, 15) is 18.8 Å². The number of carbonyl (C=O) groups is 3. The first-order chi connectivity index (χ1) is 22.6. The van der Waals surface area contributed by atoms with Crippen molar-refractivity contribution < 1.29 is 33.0 Å². The topological polar surface area (TPSA) is 123 Å². The highest BCUT2D eigenvalue weighted by atomic mass is 19.1. The Balaban J connectivity index is 1.32. The minimum absolute atomic E-state index is 0.0169. The van der Waals surface area contributed by atoms with Crippen LogP contribution in [0.3, 0.4) is 0 Å². The molecule has 254 valence electrons. The molecular formula is C36H47FN4O6. The van der Waals surface area contributed by atoms with E-state index in [0.29, 0.717) is 50.6 Å². The first kappa shape index (κ1) is 34.5. The average molecular weight is 651 g/mol. The normalized spacial score (nSPS) is 17.8. The smallest absolute Gasteiger partial charge is 0.318 e. The maximum absolute atomic E-state index is 13.3. The maximum Gasteiger partial charge on any atom is 0.318 e. The zero-order valence-corrected chi connectivity index (χ0v) is 27.6. The van der Waals surface area contributed by atoms with Gasteiger partial charge >= 0.3 is 12.0 Å². The van der Waals surface area contributed by atoms with Gasteiger partial charge in [-0.3, -0.25) is 24.7 Å². The Bertz CT molecular complexity index is 1470. The van der Waals surface area contributed by atoms with Crippen molar-refractivity contribution in [2.45, 2.75) is 70.8 Å². The molecule has 3 aliphatic heterocycles. The van der Waals surface area contributed by atoms with Crippen LogP contribution in [-0.2, 0) is 27.2 Å². The van der Waals surface area contributed by atoms with E-state index in [1.54, 1.807) is 0 Å². The molecule has 0 unspecified atom stereocenters. The highest BCUT2D eigenvalue weighted by molar-refractivity contribution is 5.94. The van der Waals surface area contributed by atoms with Crippen LogP contribution in [0.4, 0.5) is 9.18 Å². The van der Waals surface area contributed by atoms with E-state index in [0.717, 1.165) is 79.6 Å². The van der Waals surface area contributed by atoms with Gasteiger partial charge in [0, 0.05) is 32.6 Å². The molecule has 0 atom stereocenters. The van der Waals surface area contributed by atoms with Crippen LogP contribution < -0.4 is 20.5 Å². The number of hydrogen-bond donors (Lipinski definition) is 2. The summed E-state index contributed by atoms with van der Waals surface area (Å²) in [5, 5.41) is 2.15. The Morgan fingerprint density at radius 2 is 1.68 bits per heavy atom. The van der Waals surface area contributed by atoms with Gasteiger partial charge in [-0.15, -0.1) is 0 Å². The number of primary amides is 1. The van der Waals surface area contributed by atoms with Gasteiger partial charge in [0.1, 0.15) is 22.9 Å². The van der Waals surface area contributed by atoms with Gasteiger partial charge in [-0.1, -0.05) is 18.6 Å². The van der Waals surface area contributed by atoms with Crippen molar-refractivity contribution in [1.29, 1.82) is 0 Å². The Labute approximate surface area is 276 Å². The zero-order chi connectivity index (χ0) is 33.4. The standard InChI is InChI=1S/C36H47FN4O6/c1-36(2)29-14-16-41(24-32(42)39-35(38)44)23-28(29)34-30(46-33(43)9-6-15-40-17-19-45-20-18-40)21-26(22-31(34)47-36)8-5-3-4-7-25-10-12-27(37)13-11-25/h10-13,21-22H,3-9,14-20,23-24H2,1-2H3,(H3,38,39,42,44). The Morgan fingerprint density at radius 3 is 2.40 bits per heavy atom. The number of aryl methyl sites for hydroxylation is 2. The number of imide groups is 1. The van der Waals surface area contributed by atoms with Crippen LogP contribution in [-0.4, -0.2) is 85.8 Å². The largest absolute Gasteiger partial charge is 0.483 e. The summed E-state index contributed by atoms with van der Waals surface area (Å²) in [5.41, 5.74) is 9.56. The number of nitrogens with zero attached hydrogens (tertiary/aromatic N) is 2. The van der Waals surface area contributed by atoms with E-state index >= 15 is 0 Å². The summed E-state index contributed by atoms with van der Waals surface area (Å²) in [5.74, 6) is 0.161. The van der Waals surface area contributed by atoms with Crippen LogP contribution in [0.15, 0.2) is 42.0 Å². The molecule has 0 aromatic heterocycles. The summed E-state index contributed by atoms with van der Waals surface area (Å²) in [4.78, 5) is 41.1. The number of unbranched alkanes of at least 4 members (excludes halogenated alkanes) is 2. The molecule has 0 spiro atoms. The third kappa shape index (κ3) is 9.62. The molecular weight excluding hydrogens is 603 g/mol. The van der Waals surface area contributed by atoms with Crippen LogP contribution in [0.1, 0.15) is 69.1 Å². The molecule has 5 rings (SSSR count). The summed E-state index contributed by atoms with van der Waals surface area (Å²) in [6.45, 7) is 9.12. The quantitative estimate of drug-likeness (QED) is 0.183. The molecule has 3 aliphatic rings. The summed E-state index contributed by atoms with van der Waals surface area (Å²) in [6, 6.07) is 9.79. The van der Waals surface area contributed by atoms with Gasteiger partial charge < -0.3 is 19.9 Å². The lowest BCUT2D eigenvalue weighted by Crippen LogP contribution is -2.46. The zero-order valence-electron chi connectivity index (χ0n) is 27.6. The first-order valence-electron chi connectivity index (χ1n) is 16.7. The van der Waals surface area contributed by atoms with Gasteiger partial charge in [0.2, 0.25) is 5.91 Å². The highest BCUT2D eigenvalue weighted by Gasteiger charge is 2.40. The Kier molecular flexibility index (Phi) is 11.7. The Morgan fingerprint density at radius 1 is 0.957 bits per heavy atom. The van der Waals surface area contributed by atoms with Crippen molar-refractivity contribution in [1.82, 2.24) is 15.1 Å². The molecule has 1 saturated heterocycles. The average Bonchev–Trinajstić information content (AvgIpc) is 3.01. The maximum atomic E-state index is 13.3. The second-order valence-electron chi connectivity index (χ2n) is 13.1. The van der Waals surface area contributed by atoms with Crippen LogP contribution in [0.5, 0.6) is 11.5 Å². The fourth-order valence-corrected chi connectivity index (χ4v) is 6.74. The molecule has 3 heterocycles. The number of nitrogens with two attached hydrogens (primary N) is 1. The van der Waals surface area contributed by atoms with Gasteiger partial charge in [0.25, 0.3) is 0 Å². The number of ether oxygens (including phenoxy) is 3. The number of amides is 3. The van der Waals surface area contributed by atoms with Gasteiger partial charge in [-0.2, -0.15) is 0 Å². The number of nitrogens with one attached hydrogen (secondary N) is 1. The number of urea groups is 1. The summed E-state index contributed by atoms with van der Waals surface area (Å²) < 4.78 is 31.4. The van der Waals surface area contributed by atoms with Crippen LogP contribution in [0.2, 0.25) is 0 Å². The van der Waals surface area contributed by atoms with Crippen LogP contribution >= 0.6 is 0 Å². The molecule has 0 saturated carbocycles. The number of esters is 1. The Hall–Kier alpha value is -3.80. The number of morpholine rings is 1. The SMILES string of the molecule is CC1(C)Oc2cc(CCCCCc3ccc(F)cc3)cc(OC(=O)CCCN3CCOCC3)c2C2=C1CCN(CC(=O)NC(N)=O)C2. The van der Waals surface area contributed by atoms with Gasteiger partial charge in [-0.05, 0) is 105 Å². The van der Waals surface area contributed by atoms with Gasteiger partial charge in [-0.25, -0.2) is 9.18 Å². The third-order valence-corrected chi connectivity index (χ3v) is 9.10. The van der Waals surface area contributed by atoms with E-state index in [4.69, 9.17) is 19.9 Å². The lowest BCUT2D eigenvalue weighted by Gasteiger charge is -2.42. The van der Waals surface area contributed by atoms with Crippen molar-refractivity contribution in [3.05, 3.63) is 64.5 Å². The second kappa shape index (κ2) is 15.9. The first-order valence-corrected chi connectivity index (χ1v) is 16.7. The highest BCUT2D eigenvalue weighted by Crippen LogP contribution is 2.48. The van der Waals surface area contributed by atoms with Crippen molar-refractivity contribution >= 4 is 23.5 Å². The minimum atomic E-state index is -0.879. The second-order valence-corrected chi connectivity index (χ2v) is 13.1. The molecule has 0 radical (unpaired) electrons. The molecule has 0 bridgehead atoms. The molecule has 11 heteroatoms. The number of fused-ring (bicyclic) bond motifs is 2. The van der Waals surface area contributed by atoms with Crippen molar-refractivity contribution in [2.24, 2.45) is 5.73 Å². The van der Waals surface area contributed by atoms with E-state index < -0.39 is 17.5 Å². The molecule has 0 aliphatic carbocycles. The number of halogens is 1. The van der Waals surface area contributed by atoms with E-state index in [1.165, 1.54) is 12.1 Å². The minimum Gasteiger partial charge on any atom is -0.483 e. The summed E-state index contributed by atoms with van der Waals surface area (Å²) in [7, 11) is 0. The van der Waals surface area contributed by atoms with Crippen LogP contribution in [0.25, 0.3) is 5.57 Å². The predicted molar refractivity (Wildman–Crippen MR) is 177 cm³/mol. The van der Waals surface area contributed by atoms with Gasteiger partial charge in [0.15, 0.2) is 0 Å². The third-order valence-electron chi connectivity index (χ3n) is 9.10. The lowest BCUT2D eigenvalue weighted by molar-refractivity contribution is -0.134. The monoisotopic (exact) mass is 650 g/mol. The molecule has 3 N–H and O–H groups in total. The van der Waals surface area contributed by atoms with Gasteiger partial charge in [0.05, 0.1) is 25.3 Å². The fourth-order valence-electron chi connectivity index (χ4n) is 6.74. The molecule has 2 aromatic carbocycles.